The second-order valence-corrected chi connectivity index (χ2v) is 4.57. The molecule has 1 fully saturated rings. The fourth-order valence-corrected chi connectivity index (χ4v) is 1.99. The molecule has 0 amide bonds. The Hall–Kier alpha value is -0.610. The minimum atomic E-state index is 0.279. The molecule has 1 saturated heterocycles. The van der Waals surface area contributed by atoms with Crippen LogP contribution in [0.3, 0.4) is 0 Å². The van der Waals surface area contributed by atoms with Crippen molar-refractivity contribution in [3.8, 4) is 0 Å². The highest BCUT2D eigenvalue weighted by Gasteiger charge is 2.18. The predicted octanol–water partition coefficient (Wildman–Crippen LogP) is 1.06. The molecule has 0 spiro atoms. The van der Waals surface area contributed by atoms with E-state index in [4.69, 9.17) is 15.9 Å². The van der Waals surface area contributed by atoms with Crippen LogP contribution in [0.15, 0.2) is 0 Å². The third kappa shape index (κ3) is 4.62. The van der Waals surface area contributed by atoms with Gasteiger partial charge in [0.05, 0.1) is 5.84 Å². The summed E-state index contributed by atoms with van der Waals surface area (Å²) < 4.78 is 5.33. The number of hydrogen-bond donors (Lipinski definition) is 2. The number of ether oxygens (including phenoxy) is 1. The summed E-state index contributed by atoms with van der Waals surface area (Å²) in [6, 6.07) is 0.366. The highest BCUT2D eigenvalue weighted by Crippen LogP contribution is 2.16. The summed E-state index contributed by atoms with van der Waals surface area (Å²) in [7, 11) is 2.11. The molecule has 0 aromatic rings. The standard InChI is InChI=1S/C11H23N3O/c1-9(7-11(12)13)14(2)8-10-3-5-15-6-4-10/h9-10H,3-8H2,1-2H3,(H3,12,13). The van der Waals surface area contributed by atoms with Crippen LogP contribution in [0.1, 0.15) is 26.2 Å². The van der Waals surface area contributed by atoms with Crippen LogP contribution >= 0.6 is 0 Å². The van der Waals surface area contributed by atoms with Gasteiger partial charge in [0.25, 0.3) is 0 Å². The van der Waals surface area contributed by atoms with Crippen LogP contribution in [0.2, 0.25) is 0 Å². The molecular weight excluding hydrogens is 190 g/mol. The highest BCUT2D eigenvalue weighted by molar-refractivity contribution is 5.77. The molecule has 0 aromatic carbocycles. The first-order chi connectivity index (χ1) is 7.09. The molecule has 0 aromatic heterocycles. The van der Waals surface area contributed by atoms with Crippen molar-refractivity contribution in [3.05, 3.63) is 0 Å². The lowest BCUT2D eigenvalue weighted by atomic mass is 9.99. The number of hydrogen-bond acceptors (Lipinski definition) is 3. The molecular formula is C11H23N3O. The van der Waals surface area contributed by atoms with Crippen LogP contribution in [-0.2, 0) is 4.74 Å². The normalized spacial score (nSPS) is 20.5. The van der Waals surface area contributed by atoms with Gasteiger partial charge in [0.2, 0.25) is 0 Å². The van der Waals surface area contributed by atoms with E-state index in [0.29, 0.717) is 12.5 Å². The molecule has 0 aliphatic carbocycles. The van der Waals surface area contributed by atoms with Gasteiger partial charge in [-0.25, -0.2) is 0 Å². The van der Waals surface area contributed by atoms with Crippen LogP contribution in [0, 0.1) is 11.3 Å². The van der Waals surface area contributed by atoms with Crippen LogP contribution in [0.4, 0.5) is 0 Å². The van der Waals surface area contributed by atoms with Gasteiger partial charge in [-0.05, 0) is 32.7 Å². The number of nitrogens with one attached hydrogen (secondary N) is 1. The first-order valence-corrected chi connectivity index (χ1v) is 5.70. The van der Waals surface area contributed by atoms with Crippen molar-refractivity contribution in [3.63, 3.8) is 0 Å². The van der Waals surface area contributed by atoms with E-state index >= 15 is 0 Å². The fraction of sp³-hybridized carbons (Fsp3) is 0.909. The first kappa shape index (κ1) is 12.5. The van der Waals surface area contributed by atoms with Gasteiger partial charge in [-0.1, -0.05) is 0 Å². The van der Waals surface area contributed by atoms with Crippen LogP contribution < -0.4 is 5.73 Å². The summed E-state index contributed by atoms with van der Waals surface area (Å²) in [5.74, 6) is 1.03. The molecule has 4 heteroatoms. The third-order valence-electron chi connectivity index (χ3n) is 3.15. The summed E-state index contributed by atoms with van der Waals surface area (Å²) in [6.45, 7) is 5.03. The number of nitrogens with two attached hydrogens (primary N) is 1. The quantitative estimate of drug-likeness (QED) is 0.530. The molecule has 1 aliphatic heterocycles. The van der Waals surface area contributed by atoms with E-state index in [9.17, 15) is 0 Å². The van der Waals surface area contributed by atoms with E-state index in [2.05, 4.69) is 18.9 Å². The molecule has 0 saturated carbocycles. The minimum Gasteiger partial charge on any atom is -0.388 e. The van der Waals surface area contributed by atoms with Gasteiger partial charge in [-0.3, -0.25) is 5.41 Å². The van der Waals surface area contributed by atoms with E-state index in [1.807, 2.05) is 0 Å². The summed E-state index contributed by atoms with van der Waals surface area (Å²) in [4.78, 5) is 2.30. The Kier molecular flexibility index (Phi) is 5.05. The van der Waals surface area contributed by atoms with Gasteiger partial charge >= 0.3 is 0 Å². The summed E-state index contributed by atoms with van der Waals surface area (Å²) in [5.41, 5.74) is 5.40. The largest absolute Gasteiger partial charge is 0.388 e. The SMILES string of the molecule is CC(CC(=N)N)N(C)CC1CCOCC1. The average molecular weight is 213 g/mol. The minimum absolute atomic E-state index is 0.279. The molecule has 15 heavy (non-hydrogen) atoms. The molecule has 1 rings (SSSR count). The van der Waals surface area contributed by atoms with Gasteiger partial charge in [0.15, 0.2) is 0 Å². The maximum Gasteiger partial charge on any atom is 0.0920 e. The van der Waals surface area contributed by atoms with Crippen molar-refractivity contribution >= 4 is 5.84 Å². The van der Waals surface area contributed by atoms with Crippen molar-refractivity contribution in [2.24, 2.45) is 11.7 Å². The summed E-state index contributed by atoms with van der Waals surface area (Å²) in [5, 5.41) is 7.27. The van der Waals surface area contributed by atoms with Gasteiger partial charge in [-0.15, -0.1) is 0 Å². The zero-order valence-electron chi connectivity index (χ0n) is 9.83. The highest BCUT2D eigenvalue weighted by atomic mass is 16.5. The molecule has 0 bridgehead atoms. The Morgan fingerprint density at radius 1 is 1.53 bits per heavy atom. The summed E-state index contributed by atoms with van der Waals surface area (Å²) >= 11 is 0. The fourth-order valence-electron chi connectivity index (χ4n) is 1.99. The third-order valence-corrected chi connectivity index (χ3v) is 3.15. The van der Waals surface area contributed by atoms with Crippen LogP contribution in [0.5, 0.6) is 0 Å². The Labute approximate surface area is 92.3 Å². The van der Waals surface area contributed by atoms with E-state index in [1.165, 1.54) is 0 Å². The molecule has 1 unspecified atom stereocenters. The van der Waals surface area contributed by atoms with Crippen molar-refractivity contribution in [2.75, 3.05) is 26.8 Å². The van der Waals surface area contributed by atoms with Crippen molar-refractivity contribution < 1.29 is 4.74 Å². The Morgan fingerprint density at radius 3 is 2.67 bits per heavy atom. The number of rotatable bonds is 5. The topological polar surface area (TPSA) is 62.3 Å². The number of nitrogens with zero attached hydrogens (tertiary/aromatic N) is 1. The summed E-state index contributed by atoms with van der Waals surface area (Å²) in [6.07, 6.45) is 2.99. The van der Waals surface area contributed by atoms with Gasteiger partial charge < -0.3 is 15.4 Å². The molecule has 88 valence electrons. The Morgan fingerprint density at radius 2 is 2.13 bits per heavy atom. The molecule has 1 heterocycles. The lowest BCUT2D eigenvalue weighted by molar-refractivity contribution is 0.0517. The van der Waals surface area contributed by atoms with E-state index in [-0.39, 0.29) is 5.84 Å². The monoisotopic (exact) mass is 213 g/mol. The number of amidine groups is 1. The predicted molar refractivity (Wildman–Crippen MR) is 62.2 cm³/mol. The van der Waals surface area contributed by atoms with Crippen LogP contribution in [0.25, 0.3) is 0 Å². The molecule has 4 nitrogen and oxygen atoms in total. The molecule has 3 N–H and O–H groups in total. The molecule has 1 atom stereocenters. The van der Waals surface area contributed by atoms with E-state index < -0.39 is 0 Å². The van der Waals surface area contributed by atoms with Gasteiger partial charge in [0, 0.05) is 32.2 Å². The van der Waals surface area contributed by atoms with Gasteiger partial charge in [-0.2, -0.15) is 0 Å². The van der Waals surface area contributed by atoms with Crippen molar-refractivity contribution in [1.82, 2.24) is 4.90 Å². The van der Waals surface area contributed by atoms with Gasteiger partial charge in [0.1, 0.15) is 0 Å². The maximum absolute atomic E-state index is 7.27. The Balaban J connectivity index is 2.26. The lowest BCUT2D eigenvalue weighted by Crippen LogP contribution is -2.37. The zero-order valence-corrected chi connectivity index (χ0v) is 9.83. The zero-order chi connectivity index (χ0) is 11.3. The van der Waals surface area contributed by atoms with Crippen LogP contribution in [-0.4, -0.2) is 43.6 Å². The Bertz CT molecular complexity index is 202. The second-order valence-electron chi connectivity index (χ2n) is 4.57. The lowest BCUT2D eigenvalue weighted by Gasteiger charge is -2.30. The smallest absolute Gasteiger partial charge is 0.0920 e. The molecule has 0 radical (unpaired) electrons. The van der Waals surface area contributed by atoms with Crippen molar-refractivity contribution in [1.29, 1.82) is 5.41 Å². The second kappa shape index (κ2) is 6.08. The average Bonchev–Trinajstić information content (AvgIpc) is 2.18. The maximum atomic E-state index is 7.27. The molecule has 1 aliphatic rings. The van der Waals surface area contributed by atoms with E-state index in [1.54, 1.807) is 0 Å². The first-order valence-electron chi connectivity index (χ1n) is 5.70. The van der Waals surface area contributed by atoms with Crippen molar-refractivity contribution in [2.45, 2.75) is 32.2 Å². The van der Waals surface area contributed by atoms with E-state index in [0.717, 1.165) is 38.5 Å².